The first kappa shape index (κ1) is 23.1. The third-order valence-electron chi connectivity index (χ3n) is 8.78. The summed E-state index contributed by atoms with van der Waals surface area (Å²) in [7, 11) is 0. The van der Waals surface area contributed by atoms with Gasteiger partial charge < -0.3 is 18.8 Å². The fourth-order valence-corrected chi connectivity index (χ4v) is 7.13. The highest BCUT2D eigenvalue weighted by Crippen LogP contribution is 2.77. The Hall–Kier alpha value is -4.85. The zero-order valence-electron chi connectivity index (χ0n) is 21.8. The molecule has 0 amide bonds. The van der Waals surface area contributed by atoms with Crippen molar-refractivity contribution in [3.8, 4) is 11.5 Å². The highest BCUT2D eigenvalue weighted by Gasteiger charge is 2.85. The van der Waals surface area contributed by atoms with Crippen molar-refractivity contribution >= 4 is 33.1 Å². The molecule has 0 bridgehead atoms. The van der Waals surface area contributed by atoms with Crippen molar-refractivity contribution < 1.29 is 18.8 Å². The van der Waals surface area contributed by atoms with Crippen LogP contribution in [0.3, 0.4) is 0 Å². The van der Waals surface area contributed by atoms with E-state index in [2.05, 4.69) is 18.7 Å². The zero-order chi connectivity index (χ0) is 27.4. The van der Waals surface area contributed by atoms with Crippen molar-refractivity contribution in [2.45, 2.75) is 37.5 Å². The summed E-state index contributed by atoms with van der Waals surface area (Å²) in [6.07, 6.45) is 0.882. The van der Waals surface area contributed by atoms with Crippen LogP contribution >= 0.6 is 0 Å². The maximum absolute atomic E-state index is 13.6. The summed E-state index contributed by atoms with van der Waals surface area (Å²) < 4.78 is 18.8. The number of non-ortho nitro benzene ring substituents is 1. The van der Waals surface area contributed by atoms with Crippen molar-refractivity contribution in [1.82, 2.24) is 0 Å². The smallest absolute Gasteiger partial charge is 0.343 e. The molecule has 8 nitrogen and oxygen atoms in total. The Morgan fingerprint density at radius 3 is 2.70 bits per heavy atom. The molecular formula is C32H24N2O6. The first-order valence-electron chi connectivity index (χ1n) is 13.4. The Balaban J connectivity index is 1.45. The minimum atomic E-state index is -0.991. The molecule has 3 aliphatic rings. The van der Waals surface area contributed by atoms with Gasteiger partial charge in [-0.25, -0.2) is 4.79 Å². The molecule has 5 aromatic rings. The number of nitro benzene ring substituents is 1. The summed E-state index contributed by atoms with van der Waals surface area (Å²) in [5, 5.41) is 14.1. The molecule has 198 valence electrons. The van der Waals surface area contributed by atoms with Crippen LogP contribution in [0.4, 0.5) is 11.4 Å². The van der Waals surface area contributed by atoms with Crippen LogP contribution in [-0.2, 0) is 5.72 Å². The Bertz CT molecular complexity index is 1980. The highest BCUT2D eigenvalue weighted by molar-refractivity contribution is 5.95. The van der Waals surface area contributed by atoms with E-state index in [-0.39, 0.29) is 16.5 Å². The van der Waals surface area contributed by atoms with Gasteiger partial charge in [0.1, 0.15) is 22.6 Å². The molecule has 4 aromatic carbocycles. The standard InChI is InChI=1S/C32H24N2O6/c1-3-15-38-20-13-14-25-23(17-20)28-27-29(21-8-4-5-10-26(21)39-30(27)35)40-32(31(28,2)33(25)32)24-9-6-7-18-11-12-19(34(36)37)16-22(18)24/h4-14,16-17,28H,3,15H2,1-2H3/t28-,31-,32+,33?/m1/s1. The number of para-hydroxylation sites is 1. The summed E-state index contributed by atoms with van der Waals surface area (Å²) >= 11 is 0. The van der Waals surface area contributed by atoms with Crippen LogP contribution in [0, 0.1) is 10.1 Å². The average molecular weight is 533 g/mol. The second-order valence-electron chi connectivity index (χ2n) is 10.8. The van der Waals surface area contributed by atoms with Gasteiger partial charge in [-0.15, -0.1) is 0 Å². The van der Waals surface area contributed by atoms with Gasteiger partial charge in [-0.05, 0) is 66.1 Å². The molecule has 0 saturated carbocycles. The van der Waals surface area contributed by atoms with E-state index < -0.39 is 16.9 Å². The molecule has 0 unspecified atom stereocenters. The molecule has 3 atom stereocenters. The number of anilines is 1. The lowest BCUT2D eigenvalue weighted by molar-refractivity contribution is -0.384. The van der Waals surface area contributed by atoms with Crippen molar-refractivity contribution in [3.05, 3.63) is 116 Å². The van der Waals surface area contributed by atoms with Gasteiger partial charge in [0.05, 0.1) is 28.4 Å². The van der Waals surface area contributed by atoms with Crippen LogP contribution < -0.4 is 20.0 Å². The van der Waals surface area contributed by atoms with Crippen LogP contribution in [0.1, 0.15) is 42.9 Å². The average Bonchev–Trinajstić information content (AvgIpc) is 3.40. The third kappa shape index (κ3) is 2.63. The number of hydrogen-bond acceptors (Lipinski definition) is 7. The molecule has 40 heavy (non-hydrogen) atoms. The lowest BCUT2D eigenvalue weighted by atomic mass is 9.74. The summed E-state index contributed by atoms with van der Waals surface area (Å²) in [5.41, 5.74) is 1.59. The van der Waals surface area contributed by atoms with E-state index >= 15 is 0 Å². The van der Waals surface area contributed by atoms with E-state index in [4.69, 9.17) is 13.9 Å². The Morgan fingerprint density at radius 2 is 1.88 bits per heavy atom. The number of hydrogen-bond donors (Lipinski definition) is 0. The fourth-order valence-electron chi connectivity index (χ4n) is 7.13. The number of fused-ring (bicyclic) bond motifs is 9. The summed E-state index contributed by atoms with van der Waals surface area (Å²) in [6.45, 7) is 4.75. The lowest BCUT2D eigenvalue weighted by Crippen LogP contribution is -2.40. The molecule has 1 saturated heterocycles. The quantitative estimate of drug-likeness (QED) is 0.109. The maximum atomic E-state index is 13.6. The molecule has 0 N–H and O–H groups in total. The van der Waals surface area contributed by atoms with Gasteiger partial charge in [0.15, 0.2) is 0 Å². The Labute approximate surface area is 228 Å². The minimum absolute atomic E-state index is 0.0132. The SMILES string of the molecule is CCCOc1ccc2c(c1)[C@@H]1c3c(c4ccccc4oc3=O)O[C@]3(c4cccc5ccc([N+](=O)[O-])cc45)N2[C@]13C. The number of benzene rings is 4. The van der Waals surface area contributed by atoms with Gasteiger partial charge in [0.2, 0.25) is 5.72 Å². The molecule has 0 radical (unpaired) electrons. The molecule has 1 aromatic heterocycles. The maximum Gasteiger partial charge on any atom is 0.343 e. The van der Waals surface area contributed by atoms with Crippen LogP contribution in [0.25, 0.3) is 21.7 Å². The molecule has 4 heterocycles. The van der Waals surface area contributed by atoms with E-state index in [1.165, 1.54) is 6.07 Å². The molecule has 0 spiro atoms. The number of nitro groups is 1. The molecule has 3 aliphatic heterocycles. The van der Waals surface area contributed by atoms with Gasteiger partial charge in [0, 0.05) is 23.4 Å². The molecule has 8 rings (SSSR count). The normalized spacial score (nSPS) is 23.4. The van der Waals surface area contributed by atoms with Gasteiger partial charge in [-0.2, -0.15) is 0 Å². The molecular weight excluding hydrogens is 508 g/mol. The highest BCUT2D eigenvalue weighted by atomic mass is 16.6. The topological polar surface area (TPSA) is 94.8 Å². The fraction of sp³-hybridized carbons (Fsp3) is 0.219. The van der Waals surface area contributed by atoms with Crippen LogP contribution in [0.2, 0.25) is 0 Å². The van der Waals surface area contributed by atoms with E-state index in [0.29, 0.717) is 28.9 Å². The second kappa shape index (κ2) is 7.63. The van der Waals surface area contributed by atoms with Gasteiger partial charge >= 0.3 is 5.63 Å². The minimum Gasteiger partial charge on any atom is -0.494 e. The third-order valence-corrected chi connectivity index (χ3v) is 8.78. The number of nitrogens with zero attached hydrogens (tertiary/aromatic N) is 2. The van der Waals surface area contributed by atoms with E-state index in [1.54, 1.807) is 18.2 Å². The summed E-state index contributed by atoms with van der Waals surface area (Å²) in [4.78, 5) is 27.2. The second-order valence-corrected chi connectivity index (χ2v) is 10.8. The van der Waals surface area contributed by atoms with E-state index in [9.17, 15) is 14.9 Å². The molecule has 1 fully saturated rings. The Kier molecular flexibility index (Phi) is 4.40. The van der Waals surface area contributed by atoms with E-state index in [1.807, 2.05) is 54.6 Å². The van der Waals surface area contributed by atoms with Crippen LogP contribution in [0.5, 0.6) is 11.5 Å². The van der Waals surface area contributed by atoms with Crippen molar-refractivity contribution in [1.29, 1.82) is 0 Å². The number of rotatable bonds is 5. The number of ether oxygens (including phenoxy) is 2. The van der Waals surface area contributed by atoms with Crippen molar-refractivity contribution in [3.63, 3.8) is 0 Å². The molecule has 0 aliphatic carbocycles. The van der Waals surface area contributed by atoms with Crippen molar-refractivity contribution in [2.24, 2.45) is 0 Å². The predicted octanol–water partition coefficient (Wildman–Crippen LogP) is 6.61. The van der Waals surface area contributed by atoms with Crippen molar-refractivity contribution in [2.75, 3.05) is 11.5 Å². The largest absolute Gasteiger partial charge is 0.494 e. The van der Waals surface area contributed by atoms with Gasteiger partial charge in [0.25, 0.3) is 5.69 Å². The van der Waals surface area contributed by atoms with Gasteiger partial charge in [-0.3, -0.25) is 10.1 Å². The summed E-state index contributed by atoms with van der Waals surface area (Å²) in [6, 6.07) is 24.1. The first-order chi connectivity index (χ1) is 19.4. The predicted molar refractivity (Wildman–Crippen MR) is 150 cm³/mol. The molecule has 8 heteroatoms. The van der Waals surface area contributed by atoms with Crippen LogP contribution in [0.15, 0.2) is 88.1 Å². The van der Waals surface area contributed by atoms with Crippen LogP contribution in [-0.4, -0.2) is 17.1 Å². The first-order valence-corrected chi connectivity index (χ1v) is 13.4. The van der Waals surface area contributed by atoms with E-state index in [0.717, 1.165) is 39.8 Å². The Morgan fingerprint density at radius 1 is 1.02 bits per heavy atom. The zero-order valence-corrected chi connectivity index (χ0v) is 21.8. The summed E-state index contributed by atoms with van der Waals surface area (Å²) in [5.74, 6) is 0.868. The lowest BCUT2D eigenvalue weighted by Gasteiger charge is -2.35. The van der Waals surface area contributed by atoms with Gasteiger partial charge in [-0.1, -0.05) is 37.3 Å². The monoisotopic (exact) mass is 532 g/mol.